The molecule has 0 bridgehead atoms. The molecule has 3 aromatic rings. The first kappa shape index (κ1) is 18.1. The van der Waals surface area contributed by atoms with E-state index in [0.717, 1.165) is 29.7 Å². The lowest BCUT2D eigenvalue weighted by atomic mass is 9.92. The summed E-state index contributed by atoms with van der Waals surface area (Å²) in [5.74, 6) is -0.997. The fourth-order valence-corrected chi connectivity index (χ4v) is 4.59. The van der Waals surface area contributed by atoms with Crippen molar-refractivity contribution in [3.8, 4) is 0 Å². The average Bonchev–Trinajstić information content (AvgIpc) is 2.99. The number of nitrogens with zero attached hydrogens (tertiary/aromatic N) is 1. The van der Waals surface area contributed by atoms with Gasteiger partial charge in [0.15, 0.2) is 0 Å². The fourth-order valence-electron chi connectivity index (χ4n) is 3.82. The van der Waals surface area contributed by atoms with Crippen LogP contribution in [0.2, 0.25) is 0 Å². The maximum atomic E-state index is 13.0. The molecule has 27 heavy (non-hydrogen) atoms. The van der Waals surface area contributed by atoms with Crippen molar-refractivity contribution in [2.75, 3.05) is 0 Å². The number of aryl methyl sites for hydroxylation is 1. The van der Waals surface area contributed by atoms with Crippen LogP contribution in [0, 0.1) is 5.82 Å². The van der Waals surface area contributed by atoms with E-state index in [1.54, 1.807) is 12.1 Å². The largest absolute Gasteiger partial charge is 0.481 e. The molecule has 6 heteroatoms. The maximum Gasteiger partial charge on any atom is 0.305 e. The van der Waals surface area contributed by atoms with Crippen LogP contribution in [0.4, 0.5) is 4.39 Å². The van der Waals surface area contributed by atoms with Crippen LogP contribution in [0.5, 0.6) is 0 Å². The van der Waals surface area contributed by atoms with Crippen molar-refractivity contribution in [1.29, 1.82) is 0 Å². The average molecular weight is 384 g/mol. The Morgan fingerprint density at radius 1 is 1.22 bits per heavy atom. The lowest BCUT2D eigenvalue weighted by Crippen LogP contribution is -2.30. The van der Waals surface area contributed by atoms with Crippen molar-refractivity contribution in [3.63, 3.8) is 0 Å². The number of rotatable bonds is 6. The highest BCUT2D eigenvalue weighted by atomic mass is 32.2. The van der Waals surface area contributed by atoms with Crippen LogP contribution in [-0.4, -0.2) is 21.7 Å². The van der Waals surface area contributed by atoms with Crippen LogP contribution in [0.25, 0.3) is 10.9 Å². The van der Waals surface area contributed by atoms with E-state index in [4.69, 9.17) is 5.11 Å². The Labute approximate surface area is 161 Å². The van der Waals surface area contributed by atoms with Gasteiger partial charge in [-0.25, -0.2) is 4.39 Å². The number of aliphatic carboxylic acids is 1. The second-order valence-corrected chi connectivity index (χ2v) is 7.76. The molecule has 1 aliphatic rings. The lowest BCUT2D eigenvalue weighted by molar-refractivity contribution is -0.137. The summed E-state index contributed by atoms with van der Waals surface area (Å²) >= 11 is 1.54. The Kier molecular flexibility index (Phi) is 5.18. The summed E-state index contributed by atoms with van der Waals surface area (Å²) in [6.45, 7) is 0.508. The highest BCUT2D eigenvalue weighted by molar-refractivity contribution is 7.97. The van der Waals surface area contributed by atoms with Gasteiger partial charge in [-0.15, -0.1) is 0 Å². The molecular weight excluding hydrogens is 363 g/mol. The number of halogens is 1. The molecule has 0 saturated carbocycles. The molecule has 4 nitrogen and oxygen atoms in total. The van der Waals surface area contributed by atoms with Gasteiger partial charge in [0.2, 0.25) is 0 Å². The normalized spacial score (nSPS) is 16.4. The van der Waals surface area contributed by atoms with Crippen molar-refractivity contribution in [2.24, 2.45) is 0 Å². The third kappa shape index (κ3) is 3.87. The Hall–Kier alpha value is -2.31. The second-order valence-electron chi connectivity index (χ2n) is 6.85. The number of carboxylic acids is 1. The minimum Gasteiger partial charge on any atom is -0.481 e. The molecule has 0 amide bonds. The Morgan fingerprint density at radius 2 is 2.00 bits per heavy atom. The molecule has 1 atom stereocenters. The zero-order valence-electron chi connectivity index (χ0n) is 14.8. The van der Waals surface area contributed by atoms with Gasteiger partial charge in [-0.05, 0) is 67.1 Å². The van der Waals surface area contributed by atoms with E-state index in [1.807, 2.05) is 12.1 Å². The molecule has 0 radical (unpaired) electrons. The number of para-hydroxylation sites is 1. The Balaban J connectivity index is 1.54. The zero-order valence-corrected chi connectivity index (χ0v) is 15.6. The summed E-state index contributed by atoms with van der Waals surface area (Å²) in [7, 11) is 0. The van der Waals surface area contributed by atoms with Gasteiger partial charge in [-0.1, -0.05) is 18.2 Å². The minimum atomic E-state index is -0.771. The van der Waals surface area contributed by atoms with Gasteiger partial charge in [0.25, 0.3) is 0 Å². The van der Waals surface area contributed by atoms with Crippen molar-refractivity contribution < 1.29 is 14.3 Å². The van der Waals surface area contributed by atoms with Crippen LogP contribution < -0.4 is 4.72 Å². The van der Waals surface area contributed by atoms with Crippen LogP contribution >= 0.6 is 11.9 Å². The quantitative estimate of drug-likeness (QED) is 0.618. The third-order valence-electron chi connectivity index (χ3n) is 5.08. The second kappa shape index (κ2) is 7.74. The summed E-state index contributed by atoms with van der Waals surface area (Å²) in [4.78, 5) is 12.0. The van der Waals surface area contributed by atoms with E-state index >= 15 is 0 Å². The molecule has 140 valence electrons. The summed E-state index contributed by atoms with van der Waals surface area (Å²) < 4.78 is 18.7. The van der Waals surface area contributed by atoms with Gasteiger partial charge in [0.1, 0.15) is 5.82 Å². The molecule has 1 heterocycles. The first-order valence-corrected chi connectivity index (χ1v) is 9.92. The SMILES string of the molecule is O=C(O)CCn1c2c(c3ccccc31)CC(NSc1ccc(F)cc1)CC2. The number of hydrogen-bond donors (Lipinski definition) is 2. The van der Waals surface area contributed by atoms with Gasteiger partial charge in [-0.2, -0.15) is 0 Å². The van der Waals surface area contributed by atoms with Gasteiger partial charge in [0.05, 0.1) is 6.42 Å². The number of hydrogen-bond acceptors (Lipinski definition) is 3. The van der Waals surface area contributed by atoms with Crippen LogP contribution in [0.15, 0.2) is 53.4 Å². The first-order valence-electron chi connectivity index (χ1n) is 9.10. The Bertz CT molecular complexity index is 968. The smallest absolute Gasteiger partial charge is 0.305 e. The zero-order chi connectivity index (χ0) is 18.8. The molecule has 2 aromatic carbocycles. The molecule has 0 fully saturated rings. The number of carbonyl (C=O) groups is 1. The molecule has 2 N–H and O–H groups in total. The maximum absolute atomic E-state index is 13.0. The van der Waals surface area contributed by atoms with E-state index in [1.165, 1.54) is 40.7 Å². The molecule has 4 rings (SSSR count). The third-order valence-corrected chi connectivity index (χ3v) is 6.04. The van der Waals surface area contributed by atoms with E-state index in [9.17, 15) is 9.18 Å². The molecule has 1 aromatic heterocycles. The number of aromatic nitrogens is 1. The first-order chi connectivity index (χ1) is 13.1. The van der Waals surface area contributed by atoms with E-state index in [2.05, 4.69) is 21.4 Å². The molecule has 1 unspecified atom stereocenters. The Morgan fingerprint density at radius 3 is 2.78 bits per heavy atom. The standard InChI is InChI=1S/C21H21FN2O2S/c22-14-5-8-16(9-6-14)27-23-15-7-10-20-18(13-15)17-3-1-2-4-19(17)24(20)12-11-21(25)26/h1-6,8-9,15,23H,7,10-13H2,(H,25,26). The van der Waals surface area contributed by atoms with Crippen molar-refractivity contribution in [2.45, 2.75) is 43.2 Å². The van der Waals surface area contributed by atoms with E-state index in [0.29, 0.717) is 12.6 Å². The highest BCUT2D eigenvalue weighted by Crippen LogP contribution is 2.33. The van der Waals surface area contributed by atoms with Gasteiger partial charge >= 0.3 is 5.97 Å². The summed E-state index contributed by atoms with van der Waals surface area (Å²) in [6, 6.07) is 15.1. The number of fused-ring (bicyclic) bond motifs is 3. The predicted octanol–water partition coefficient (Wildman–Crippen LogP) is 4.41. The van der Waals surface area contributed by atoms with E-state index in [-0.39, 0.29) is 12.2 Å². The van der Waals surface area contributed by atoms with Gasteiger partial charge < -0.3 is 9.67 Å². The highest BCUT2D eigenvalue weighted by Gasteiger charge is 2.25. The minimum absolute atomic E-state index is 0.132. The lowest BCUT2D eigenvalue weighted by Gasteiger charge is -2.24. The van der Waals surface area contributed by atoms with Crippen molar-refractivity contribution in [1.82, 2.24) is 9.29 Å². The predicted molar refractivity (Wildman–Crippen MR) is 105 cm³/mol. The number of nitrogens with one attached hydrogen (secondary N) is 1. The van der Waals surface area contributed by atoms with E-state index < -0.39 is 5.97 Å². The van der Waals surface area contributed by atoms with Gasteiger partial charge in [-0.3, -0.25) is 9.52 Å². The summed E-state index contributed by atoms with van der Waals surface area (Å²) in [6.07, 6.45) is 2.95. The molecule has 1 aliphatic carbocycles. The molecule has 0 saturated heterocycles. The molecule has 0 spiro atoms. The van der Waals surface area contributed by atoms with Crippen LogP contribution in [0.1, 0.15) is 24.1 Å². The van der Waals surface area contributed by atoms with Crippen molar-refractivity contribution in [3.05, 3.63) is 65.6 Å². The monoisotopic (exact) mass is 384 g/mol. The van der Waals surface area contributed by atoms with Gasteiger partial charge in [0, 0.05) is 34.1 Å². The molecule has 0 aliphatic heterocycles. The number of carboxylic acid groups (broad SMARTS) is 1. The summed E-state index contributed by atoms with van der Waals surface area (Å²) in [5.41, 5.74) is 3.71. The molecular formula is C21H21FN2O2S. The van der Waals surface area contributed by atoms with Crippen LogP contribution in [-0.2, 0) is 24.2 Å². The number of benzene rings is 2. The fraction of sp³-hybridized carbons (Fsp3) is 0.286. The van der Waals surface area contributed by atoms with Crippen LogP contribution in [0.3, 0.4) is 0 Å². The topological polar surface area (TPSA) is 54.3 Å². The van der Waals surface area contributed by atoms with Crippen molar-refractivity contribution >= 4 is 28.8 Å². The summed E-state index contributed by atoms with van der Waals surface area (Å²) in [5, 5.41) is 10.3.